The summed E-state index contributed by atoms with van der Waals surface area (Å²) < 4.78 is 36.3. The molecular weight excluding hydrogens is 887 g/mol. The molecule has 1 unspecified atom stereocenters. The van der Waals surface area contributed by atoms with Crippen LogP contribution in [-0.4, -0.2) is 177 Å². The number of fused-ring (bicyclic) bond motifs is 3. The van der Waals surface area contributed by atoms with Crippen LogP contribution < -0.4 is 0 Å². The molecule has 4 aliphatic heterocycles. The van der Waals surface area contributed by atoms with Crippen LogP contribution in [0, 0.1) is 29.6 Å². The Bertz CT molecular complexity index is 1820. The van der Waals surface area contributed by atoms with E-state index in [0.717, 1.165) is 44.7 Å². The lowest BCUT2D eigenvalue weighted by molar-refractivity contribution is -0.302. The minimum Gasteiger partial charge on any atom is -0.460 e. The van der Waals surface area contributed by atoms with E-state index in [1.807, 2.05) is 32.9 Å². The number of piperazine rings is 1. The zero-order valence-corrected chi connectivity index (χ0v) is 43.1. The van der Waals surface area contributed by atoms with Gasteiger partial charge in [0.05, 0.1) is 24.4 Å². The summed E-state index contributed by atoms with van der Waals surface area (Å²) in [7, 11) is 6.78. The van der Waals surface area contributed by atoms with Gasteiger partial charge in [0, 0.05) is 84.6 Å². The van der Waals surface area contributed by atoms with Crippen LogP contribution in [0.2, 0.25) is 0 Å². The number of nitrogens with zero attached hydrogens (tertiary/aromatic N) is 3. The number of carbonyl (C=O) groups excluding carboxylic acids is 5. The van der Waals surface area contributed by atoms with Gasteiger partial charge in [-0.3, -0.25) is 19.2 Å². The van der Waals surface area contributed by atoms with Crippen molar-refractivity contribution >= 4 is 29.4 Å². The van der Waals surface area contributed by atoms with Crippen molar-refractivity contribution in [1.29, 1.82) is 0 Å². The fourth-order valence-electron chi connectivity index (χ4n) is 11.3. The maximum absolute atomic E-state index is 14.6. The van der Waals surface area contributed by atoms with Crippen LogP contribution >= 0.6 is 0 Å². The average Bonchev–Trinajstić information content (AvgIpc) is 3.32. The first-order chi connectivity index (χ1) is 32.8. The standard InChI is InChI=1S/C53H85N3O13/c1-11-15-39-27-33(2)26-34(3)28-45(65-9)49-46(66-10)30-36(5)53(63,69-49)50(60)51(61)56-21-13-12-16-40(56)52(62)68-48(37(6)41(57)32-42(39)58)35(4)29-38-18-19-43(44(31-38)64-8)67-47(59)17-14-20-55-24-22-54(7)23-25-55/h11,27,29,34,36-41,43-46,48-49,57,63H,1,12-26,28,30-32H2,2-10H3/t34-,36+,37+,38-,39+,40?,41-,43+,44+,45-,46-,48+,49+,53+/m0/s1. The number of aliphatic hydroxyl groups is 2. The summed E-state index contributed by atoms with van der Waals surface area (Å²) in [6.45, 7) is 18.0. The van der Waals surface area contributed by atoms with Gasteiger partial charge in [-0.15, -0.1) is 6.58 Å². The second-order valence-corrected chi connectivity index (χ2v) is 21.0. The van der Waals surface area contributed by atoms with Gasteiger partial charge in [0.2, 0.25) is 5.79 Å². The first-order valence-corrected chi connectivity index (χ1v) is 25.7. The number of amides is 1. The van der Waals surface area contributed by atoms with E-state index in [1.165, 1.54) is 19.1 Å². The Labute approximate surface area is 411 Å². The number of rotatable bonds is 12. The Morgan fingerprint density at radius 2 is 1.58 bits per heavy atom. The molecule has 2 bridgehead atoms. The zero-order valence-electron chi connectivity index (χ0n) is 43.1. The number of carbonyl (C=O) groups is 5. The molecule has 16 nitrogen and oxygen atoms in total. The fourth-order valence-corrected chi connectivity index (χ4v) is 11.3. The normalized spacial score (nSPS) is 37.0. The topological polar surface area (TPSA) is 191 Å². The lowest BCUT2D eigenvalue weighted by Crippen LogP contribution is -2.64. The van der Waals surface area contributed by atoms with E-state index in [1.54, 1.807) is 27.0 Å². The van der Waals surface area contributed by atoms with Crippen LogP contribution in [0.4, 0.5) is 0 Å². The number of allylic oxidation sites excluding steroid dienone is 4. The molecule has 0 radical (unpaired) electrons. The van der Waals surface area contributed by atoms with Crippen molar-refractivity contribution in [2.75, 3.05) is 67.6 Å². The third kappa shape index (κ3) is 14.9. The summed E-state index contributed by atoms with van der Waals surface area (Å²) in [6, 6.07) is -1.17. The predicted octanol–water partition coefficient (Wildman–Crippen LogP) is 5.22. The molecule has 390 valence electrons. The largest absolute Gasteiger partial charge is 0.460 e. The third-order valence-corrected chi connectivity index (χ3v) is 15.6. The van der Waals surface area contributed by atoms with E-state index in [-0.39, 0.29) is 55.5 Å². The van der Waals surface area contributed by atoms with E-state index in [0.29, 0.717) is 63.4 Å². The smallest absolute Gasteiger partial charge is 0.329 e. The molecule has 0 aromatic rings. The van der Waals surface area contributed by atoms with Crippen LogP contribution in [0.3, 0.4) is 0 Å². The first-order valence-electron chi connectivity index (χ1n) is 25.7. The summed E-state index contributed by atoms with van der Waals surface area (Å²) in [5.74, 6) is -8.19. The Kier molecular flexibility index (Phi) is 21.6. The van der Waals surface area contributed by atoms with Gasteiger partial charge in [-0.25, -0.2) is 4.79 Å². The summed E-state index contributed by atoms with van der Waals surface area (Å²) >= 11 is 0. The molecule has 0 aromatic carbocycles. The van der Waals surface area contributed by atoms with Crippen LogP contribution in [-0.2, 0) is 52.4 Å². The van der Waals surface area contributed by atoms with E-state index < -0.39 is 83.9 Å². The molecule has 1 saturated carbocycles. The van der Waals surface area contributed by atoms with Crippen molar-refractivity contribution < 1.29 is 62.6 Å². The van der Waals surface area contributed by atoms with Gasteiger partial charge in [-0.1, -0.05) is 44.6 Å². The predicted molar refractivity (Wildman–Crippen MR) is 260 cm³/mol. The second kappa shape index (κ2) is 26.4. The van der Waals surface area contributed by atoms with Gasteiger partial charge in [-0.2, -0.15) is 0 Å². The number of ketones is 2. The Balaban J connectivity index is 1.41. The number of cyclic esters (lactones) is 1. The maximum atomic E-state index is 14.6. The molecule has 2 N–H and O–H groups in total. The van der Waals surface area contributed by atoms with E-state index in [9.17, 15) is 34.2 Å². The highest BCUT2D eigenvalue weighted by Gasteiger charge is 2.56. The third-order valence-electron chi connectivity index (χ3n) is 15.6. The van der Waals surface area contributed by atoms with Gasteiger partial charge in [0.15, 0.2) is 0 Å². The molecule has 1 aliphatic carbocycles. The van der Waals surface area contributed by atoms with Crippen LogP contribution in [0.15, 0.2) is 36.0 Å². The van der Waals surface area contributed by atoms with Gasteiger partial charge in [0.1, 0.15) is 30.1 Å². The molecule has 5 rings (SSSR count). The first kappa shape index (κ1) is 56.6. The molecule has 69 heavy (non-hydrogen) atoms. The Morgan fingerprint density at radius 1 is 0.899 bits per heavy atom. The van der Waals surface area contributed by atoms with Gasteiger partial charge >= 0.3 is 11.9 Å². The lowest BCUT2D eigenvalue weighted by atomic mass is 9.81. The van der Waals surface area contributed by atoms with Gasteiger partial charge in [0.25, 0.3) is 11.7 Å². The number of piperidine rings is 1. The molecule has 3 saturated heterocycles. The van der Waals surface area contributed by atoms with Crippen molar-refractivity contribution in [3.05, 3.63) is 36.0 Å². The average molecular weight is 972 g/mol. The molecule has 5 aliphatic rings. The van der Waals surface area contributed by atoms with Crippen molar-refractivity contribution in [2.45, 2.75) is 173 Å². The van der Waals surface area contributed by atoms with Crippen molar-refractivity contribution in [1.82, 2.24) is 14.7 Å². The highest BCUT2D eigenvalue weighted by Crippen LogP contribution is 2.39. The highest BCUT2D eigenvalue weighted by molar-refractivity contribution is 6.39. The van der Waals surface area contributed by atoms with Crippen molar-refractivity contribution in [2.24, 2.45) is 29.6 Å². The van der Waals surface area contributed by atoms with Gasteiger partial charge in [-0.05, 0) is 115 Å². The second-order valence-electron chi connectivity index (χ2n) is 21.0. The Hall–Kier alpha value is -3.35. The van der Waals surface area contributed by atoms with Gasteiger partial charge < -0.3 is 53.3 Å². The number of hydrogen-bond acceptors (Lipinski definition) is 15. The van der Waals surface area contributed by atoms with Crippen LogP contribution in [0.5, 0.6) is 0 Å². The molecular formula is C53H85N3O13. The molecule has 0 aromatic heterocycles. The molecule has 16 heteroatoms. The lowest BCUT2D eigenvalue weighted by Gasteiger charge is -2.47. The number of methoxy groups -OCH3 is 3. The molecule has 4 fully saturated rings. The van der Waals surface area contributed by atoms with Crippen LogP contribution in [0.25, 0.3) is 0 Å². The minimum absolute atomic E-state index is 0.00409. The monoisotopic (exact) mass is 972 g/mol. The minimum atomic E-state index is -2.53. The summed E-state index contributed by atoms with van der Waals surface area (Å²) in [4.78, 5) is 76.3. The summed E-state index contributed by atoms with van der Waals surface area (Å²) in [5.41, 5.74) is 1.59. The summed E-state index contributed by atoms with van der Waals surface area (Å²) in [5, 5.41) is 24.1. The molecule has 14 atom stereocenters. The van der Waals surface area contributed by atoms with Crippen LogP contribution in [0.1, 0.15) is 118 Å². The van der Waals surface area contributed by atoms with E-state index in [4.69, 9.17) is 28.4 Å². The number of ether oxygens (including phenoxy) is 6. The number of esters is 2. The quantitative estimate of drug-likeness (QED) is 0.147. The summed E-state index contributed by atoms with van der Waals surface area (Å²) in [6.07, 6.45) is 5.98. The molecule has 1 amide bonds. The Morgan fingerprint density at radius 3 is 2.25 bits per heavy atom. The SMILES string of the molecule is C=CC[C@@H]1C=C(C)C[C@H](C)C[C@H](OC)[C@H]2O[C@@](O)(C(=O)C(=O)N3CCCCC3C(=O)O[C@H](C(C)=C[C@@H]3CC[C@@H](OC(=O)CCCN4CCN(C)CC4)[C@H](OC)C3)[C@H](C)[C@@H](O)CC1=O)[C@H](C)C[C@@H]2OC. The zero-order chi connectivity index (χ0) is 50.6. The van der Waals surface area contributed by atoms with E-state index >= 15 is 0 Å². The molecule has 0 spiro atoms. The number of Topliss-reactive ketones (excluding diaryl/α,β-unsaturated/α-hetero) is 2. The van der Waals surface area contributed by atoms with E-state index in [2.05, 4.69) is 23.4 Å². The number of aliphatic hydroxyl groups excluding tert-OH is 1. The fraction of sp³-hybridized carbons (Fsp3) is 0.792. The maximum Gasteiger partial charge on any atom is 0.329 e. The number of hydrogen-bond donors (Lipinski definition) is 2. The highest BCUT2D eigenvalue weighted by atomic mass is 16.7. The number of likely N-dealkylation sites (N-methyl/N-ethyl adjacent to an activating group) is 1. The van der Waals surface area contributed by atoms with Crippen molar-refractivity contribution in [3.8, 4) is 0 Å². The van der Waals surface area contributed by atoms with Crippen molar-refractivity contribution in [3.63, 3.8) is 0 Å². The molecule has 4 heterocycles.